The minimum absolute atomic E-state index is 0.00466. The summed E-state index contributed by atoms with van der Waals surface area (Å²) in [5.74, 6) is -0.467. The molecule has 0 saturated carbocycles. The summed E-state index contributed by atoms with van der Waals surface area (Å²) in [6, 6.07) is 15.6. The first-order valence-electron chi connectivity index (χ1n) is 13.3. The Bertz CT molecular complexity index is 2090. The molecule has 1 aromatic heterocycles. The molecule has 0 amide bonds. The number of aryl methyl sites for hydroxylation is 1. The van der Waals surface area contributed by atoms with Crippen LogP contribution in [0.5, 0.6) is 11.5 Å². The van der Waals surface area contributed by atoms with Crippen LogP contribution in [0.1, 0.15) is 36.6 Å². The SMILES string of the molecule is CCOC(=O)C1=C(C)N=c2s/c(=C\c3cc(Br)c(OS(=O)(=O)c4ccc(C)cc4)c(OC)c3)c(=O)n2[C@H]1c1ccc(Cl)cc1. The molecule has 44 heavy (non-hydrogen) atoms. The van der Waals surface area contributed by atoms with Crippen molar-refractivity contribution in [2.24, 2.45) is 4.99 Å². The maximum Gasteiger partial charge on any atom is 0.339 e. The third kappa shape index (κ3) is 6.25. The van der Waals surface area contributed by atoms with Gasteiger partial charge in [0.25, 0.3) is 5.56 Å². The van der Waals surface area contributed by atoms with Crippen LogP contribution in [-0.2, 0) is 19.6 Å². The summed E-state index contributed by atoms with van der Waals surface area (Å²) < 4.78 is 44.3. The van der Waals surface area contributed by atoms with Crippen molar-refractivity contribution in [2.75, 3.05) is 13.7 Å². The molecule has 1 aliphatic rings. The molecule has 3 aromatic carbocycles. The molecule has 0 radical (unpaired) electrons. The largest absolute Gasteiger partial charge is 0.493 e. The van der Waals surface area contributed by atoms with Crippen molar-refractivity contribution in [1.29, 1.82) is 0 Å². The highest BCUT2D eigenvalue weighted by molar-refractivity contribution is 9.10. The number of allylic oxidation sites excluding steroid dienone is 1. The van der Waals surface area contributed by atoms with Crippen molar-refractivity contribution in [3.63, 3.8) is 0 Å². The number of nitrogens with zero attached hydrogens (tertiary/aromatic N) is 2. The lowest BCUT2D eigenvalue weighted by Crippen LogP contribution is -2.39. The van der Waals surface area contributed by atoms with Gasteiger partial charge in [-0.2, -0.15) is 8.42 Å². The molecule has 0 aliphatic carbocycles. The van der Waals surface area contributed by atoms with Crippen LogP contribution in [-0.4, -0.2) is 32.7 Å². The number of methoxy groups -OCH3 is 1. The number of thiazole rings is 1. The first-order valence-corrected chi connectivity index (χ1v) is 16.7. The molecule has 0 spiro atoms. The lowest BCUT2D eigenvalue weighted by Gasteiger charge is -2.24. The van der Waals surface area contributed by atoms with Crippen molar-refractivity contribution >= 4 is 61.0 Å². The van der Waals surface area contributed by atoms with E-state index in [0.29, 0.717) is 35.7 Å². The van der Waals surface area contributed by atoms with E-state index in [4.69, 9.17) is 25.3 Å². The summed E-state index contributed by atoms with van der Waals surface area (Å²) >= 11 is 10.7. The zero-order valence-electron chi connectivity index (χ0n) is 24.0. The topological polar surface area (TPSA) is 113 Å². The molecule has 0 unspecified atom stereocenters. The molecular weight excluding hydrogens is 692 g/mol. The Morgan fingerprint density at radius 1 is 1.11 bits per heavy atom. The van der Waals surface area contributed by atoms with E-state index in [0.717, 1.165) is 16.9 Å². The Morgan fingerprint density at radius 3 is 2.43 bits per heavy atom. The van der Waals surface area contributed by atoms with E-state index >= 15 is 0 Å². The lowest BCUT2D eigenvalue weighted by atomic mass is 9.96. The van der Waals surface area contributed by atoms with Gasteiger partial charge in [-0.05, 0) is 90.3 Å². The molecule has 13 heteroatoms. The van der Waals surface area contributed by atoms with Gasteiger partial charge in [0.15, 0.2) is 16.3 Å². The smallest absolute Gasteiger partial charge is 0.339 e. The number of carbonyl (C=O) groups is 1. The van der Waals surface area contributed by atoms with Gasteiger partial charge in [-0.3, -0.25) is 9.36 Å². The third-order valence-electron chi connectivity index (χ3n) is 6.76. The fraction of sp³-hybridized carbons (Fsp3) is 0.194. The summed E-state index contributed by atoms with van der Waals surface area (Å²) in [6.45, 7) is 5.43. The number of ether oxygens (including phenoxy) is 2. The zero-order chi connectivity index (χ0) is 31.8. The molecule has 1 aliphatic heterocycles. The van der Waals surface area contributed by atoms with E-state index in [2.05, 4.69) is 20.9 Å². The summed E-state index contributed by atoms with van der Waals surface area (Å²) in [6.07, 6.45) is 1.64. The van der Waals surface area contributed by atoms with Crippen molar-refractivity contribution in [3.05, 3.63) is 118 Å². The fourth-order valence-electron chi connectivity index (χ4n) is 4.67. The van der Waals surface area contributed by atoms with Crippen molar-refractivity contribution in [2.45, 2.75) is 31.7 Å². The maximum atomic E-state index is 13.9. The van der Waals surface area contributed by atoms with Crippen molar-refractivity contribution in [3.8, 4) is 11.5 Å². The standard InChI is InChI=1S/C31H26BrClN2O7S2/c1-5-41-30(37)26-18(3)34-31-35(27(26)20-8-10-21(33)11-9-20)29(36)25(43-31)16-19-14-23(32)28(24(15-19)40-4)42-44(38,39)22-12-6-17(2)7-13-22/h6-16,27H,5H2,1-4H3/b25-16-/t27-/m0/s1. The lowest BCUT2D eigenvalue weighted by molar-refractivity contribution is -0.139. The first-order chi connectivity index (χ1) is 20.9. The number of esters is 1. The highest BCUT2D eigenvalue weighted by Gasteiger charge is 2.33. The van der Waals surface area contributed by atoms with E-state index in [-0.39, 0.29) is 34.1 Å². The predicted octanol–water partition coefficient (Wildman–Crippen LogP) is 5.30. The second-order valence-corrected chi connectivity index (χ2v) is 13.6. The first kappa shape index (κ1) is 31.7. The Labute approximate surface area is 271 Å². The number of rotatable bonds is 8. The number of hydrogen-bond acceptors (Lipinski definition) is 9. The summed E-state index contributed by atoms with van der Waals surface area (Å²) in [7, 11) is -2.77. The van der Waals surface area contributed by atoms with Crippen LogP contribution in [0.15, 0.2) is 91.1 Å². The molecule has 2 heterocycles. The van der Waals surface area contributed by atoms with E-state index in [1.807, 2.05) is 6.92 Å². The molecule has 0 N–H and O–H groups in total. The van der Waals surface area contributed by atoms with Crippen molar-refractivity contribution < 1.29 is 26.9 Å². The van der Waals surface area contributed by atoms with Gasteiger partial charge in [-0.15, -0.1) is 0 Å². The molecule has 9 nitrogen and oxygen atoms in total. The molecule has 0 bridgehead atoms. The number of carbonyl (C=O) groups excluding carboxylic acids is 1. The van der Waals surface area contributed by atoms with E-state index < -0.39 is 22.1 Å². The van der Waals surface area contributed by atoms with E-state index in [1.54, 1.807) is 68.5 Å². The van der Waals surface area contributed by atoms with Gasteiger partial charge >= 0.3 is 16.1 Å². The van der Waals surface area contributed by atoms with Gasteiger partial charge in [0.05, 0.1) is 40.0 Å². The summed E-state index contributed by atoms with van der Waals surface area (Å²) in [4.78, 5) is 32.0. The fourth-order valence-corrected chi connectivity index (χ4v) is 7.45. The molecule has 4 aromatic rings. The summed E-state index contributed by atoms with van der Waals surface area (Å²) in [5.41, 5.74) is 2.43. The Morgan fingerprint density at radius 2 is 1.80 bits per heavy atom. The van der Waals surface area contributed by atoms with Gasteiger partial charge in [0, 0.05) is 5.02 Å². The minimum Gasteiger partial charge on any atom is -0.493 e. The van der Waals surface area contributed by atoms with Crippen LogP contribution in [0.3, 0.4) is 0 Å². The van der Waals surface area contributed by atoms with Gasteiger partial charge in [0.1, 0.15) is 4.90 Å². The average molecular weight is 718 g/mol. The molecular formula is C31H26BrClN2O7S2. The highest BCUT2D eigenvalue weighted by atomic mass is 79.9. The van der Waals surface area contributed by atoms with Gasteiger partial charge in [-0.1, -0.05) is 52.8 Å². The molecule has 1 atom stereocenters. The Kier molecular flexibility index (Phi) is 9.17. The second-order valence-electron chi connectivity index (χ2n) is 9.74. The number of fused-ring (bicyclic) bond motifs is 1. The molecule has 5 rings (SSSR count). The second kappa shape index (κ2) is 12.7. The van der Waals surface area contributed by atoms with Gasteiger partial charge in [0.2, 0.25) is 0 Å². The van der Waals surface area contributed by atoms with Gasteiger partial charge < -0.3 is 13.7 Å². The normalized spacial score (nSPS) is 15.0. The number of aromatic nitrogens is 1. The Hall–Kier alpha value is -3.71. The quantitative estimate of drug-likeness (QED) is 0.180. The number of benzene rings is 3. The number of hydrogen-bond donors (Lipinski definition) is 0. The van der Waals surface area contributed by atoms with Crippen LogP contribution in [0.4, 0.5) is 0 Å². The van der Waals surface area contributed by atoms with Crippen LogP contribution >= 0.6 is 38.9 Å². The van der Waals surface area contributed by atoms with E-state index in [1.165, 1.54) is 23.8 Å². The Balaban J connectivity index is 1.60. The summed E-state index contributed by atoms with van der Waals surface area (Å²) in [5, 5.41) is 0.512. The molecule has 228 valence electrons. The monoisotopic (exact) mass is 716 g/mol. The number of halogens is 2. The minimum atomic E-state index is -4.16. The average Bonchev–Trinajstić information content (AvgIpc) is 3.28. The van der Waals surface area contributed by atoms with Crippen LogP contribution in [0.25, 0.3) is 6.08 Å². The van der Waals surface area contributed by atoms with Crippen LogP contribution in [0.2, 0.25) is 5.02 Å². The predicted molar refractivity (Wildman–Crippen MR) is 172 cm³/mol. The van der Waals surface area contributed by atoms with Crippen molar-refractivity contribution in [1.82, 2.24) is 4.57 Å². The van der Waals surface area contributed by atoms with Gasteiger partial charge in [-0.25, -0.2) is 9.79 Å². The van der Waals surface area contributed by atoms with Crippen LogP contribution < -0.4 is 23.8 Å². The van der Waals surface area contributed by atoms with Crippen LogP contribution in [0, 0.1) is 6.92 Å². The highest BCUT2D eigenvalue weighted by Crippen LogP contribution is 2.39. The van der Waals surface area contributed by atoms with E-state index in [9.17, 15) is 18.0 Å². The maximum absolute atomic E-state index is 13.9. The molecule has 0 fully saturated rings. The molecule has 0 saturated heterocycles. The zero-order valence-corrected chi connectivity index (χ0v) is 27.9. The third-order valence-corrected chi connectivity index (χ3v) is 9.81.